The van der Waals surface area contributed by atoms with Gasteiger partial charge in [0.25, 0.3) is 5.91 Å². The largest absolute Gasteiger partial charge is 0.344 e. The Bertz CT molecular complexity index is 598. The summed E-state index contributed by atoms with van der Waals surface area (Å²) in [6, 6.07) is 9.89. The monoisotopic (exact) mass is 463 g/mol. The van der Waals surface area contributed by atoms with Gasteiger partial charge in [-0.05, 0) is 58.2 Å². The van der Waals surface area contributed by atoms with E-state index in [9.17, 15) is 4.79 Å². The molecule has 1 atom stereocenters. The van der Waals surface area contributed by atoms with Crippen LogP contribution in [0.25, 0.3) is 0 Å². The highest BCUT2D eigenvalue weighted by Gasteiger charge is 2.21. The third kappa shape index (κ3) is 3.83. The zero-order valence-electron chi connectivity index (χ0n) is 11.2. The lowest BCUT2D eigenvalue weighted by molar-refractivity contribution is 0.0925. The summed E-state index contributed by atoms with van der Waals surface area (Å²) in [6.07, 6.45) is 0. The fourth-order valence-electron chi connectivity index (χ4n) is 1.93. The number of halogens is 2. The molecule has 1 unspecified atom stereocenters. The van der Waals surface area contributed by atoms with Gasteiger partial charge in [0, 0.05) is 12.9 Å². The summed E-state index contributed by atoms with van der Waals surface area (Å²) in [7, 11) is 0. The van der Waals surface area contributed by atoms with E-state index >= 15 is 0 Å². The van der Waals surface area contributed by atoms with Crippen LogP contribution in [0.3, 0.4) is 0 Å². The van der Waals surface area contributed by atoms with Crippen molar-refractivity contribution >= 4 is 55.8 Å². The third-order valence-corrected chi connectivity index (χ3v) is 5.37. The Morgan fingerprint density at radius 2 is 2.10 bits per heavy atom. The zero-order chi connectivity index (χ0) is 14.7. The molecule has 2 nitrogen and oxygen atoms in total. The number of thiophene rings is 1. The molecule has 1 aromatic carbocycles. The predicted octanol–water partition coefficient (Wildman–Crippen LogP) is 5.24. The molecule has 106 valence electrons. The summed E-state index contributed by atoms with van der Waals surface area (Å²) < 4.78 is 1.87. The van der Waals surface area contributed by atoms with E-state index < -0.39 is 0 Å². The number of hydrogen-bond acceptors (Lipinski definition) is 2. The molecule has 1 amide bonds. The molecule has 1 heterocycles. The van der Waals surface area contributed by atoms with Gasteiger partial charge in [-0.15, -0.1) is 11.3 Å². The lowest BCUT2D eigenvalue weighted by Gasteiger charge is -2.21. The molecule has 0 aliphatic heterocycles. The maximum atomic E-state index is 12.5. The van der Waals surface area contributed by atoms with E-state index in [1.165, 1.54) is 4.88 Å². The number of carbonyl (C=O) groups excluding carboxylic acids is 1. The fourth-order valence-corrected chi connectivity index (χ4v) is 3.82. The highest BCUT2D eigenvalue weighted by atomic mass is 127. The highest BCUT2D eigenvalue weighted by molar-refractivity contribution is 14.1. The number of rotatable bonds is 4. The van der Waals surface area contributed by atoms with Crippen molar-refractivity contribution < 1.29 is 4.79 Å². The van der Waals surface area contributed by atoms with Gasteiger partial charge in [-0.25, -0.2) is 0 Å². The zero-order valence-corrected chi connectivity index (χ0v) is 15.8. The summed E-state index contributed by atoms with van der Waals surface area (Å²) in [6.45, 7) is 4.24. The number of carbonyl (C=O) groups is 1. The first-order valence-electron chi connectivity index (χ1n) is 6.28. The molecule has 0 fully saturated rings. The van der Waals surface area contributed by atoms with Gasteiger partial charge in [-0.1, -0.05) is 35.8 Å². The minimum atomic E-state index is -0.0252. The first kappa shape index (κ1) is 16.0. The second kappa shape index (κ2) is 7.04. The van der Waals surface area contributed by atoms with E-state index in [2.05, 4.69) is 63.8 Å². The van der Waals surface area contributed by atoms with Crippen molar-refractivity contribution in [3.8, 4) is 0 Å². The van der Waals surface area contributed by atoms with Crippen LogP contribution in [-0.2, 0) is 0 Å². The van der Waals surface area contributed by atoms with Crippen LogP contribution in [0, 0.1) is 9.49 Å². The lowest BCUT2D eigenvalue weighted by atomic mass is 10.0. The van der Waals surface area contributed by atoms with Crippen LogP contribution in [0.5, 0.6) is 0 Å². The van der Waals surface area contributed by atoms with Crippen LogP contribution in [0.15, 0.2) is 40.2 Å². The molecule has 20 heavy (non-hydrogen) atoms. The van der Waals surface area contributed by atoms with Crippen LogP contribution < -0.4 is 5.32 Å². The standard InChI is InChI=1S/C15H15BrINOS/c1-9(2)14(13-4-3-7-20-13)18-15(19)11-8-10(16)5-6-12(11)17/h3-9,14H,1-2H3,(H,18,19). The first-order chi connectivity index (χ1) is 9.49. The van der Waals surface area contributed by atoms with Crippen molar-refractivity contribution in [3.63, 3.8) is 0 Å². The van der Waals surface area contributed by atoms with E-state index in [-0.39, 0.29) is 11.9 Å². The summed E-state index contributed by atoms with van der Waals surface area (Å²) >= 11 is 7.29. The van der Waals surface area contributed by atoms with Crippen molar-refractivity contribution in [1.82, 2.24) is 5.32 Å². The maximum Gasteiger partial charge on any atom is 0.252 e. The maximum absolute atomic E-state index is 12.5. The molecular weight excluding hydrogens is 449 g/mol. The smallest absolute Gasteiger partial charge is 0.252 e. The molecule has 2 rings (SSSR count). The van der Waals surface area contributed by atoms with Crippen molar-refractivity contribution in [2.24, 2.45) is 5.92 Å². The van der Waals surface area contributed by atoms with Gasteiger partial charge >= 0.3 is 0 Å². The van der Waals surface area contributed by atoms with Gasteiger partial charge in [-0.3, -0.25) is 4.79 Å². The second-order valence-electron chi connectivity index (χ2n) is 4.83. The van der Waals surface area contributed by atoms with Crippen LogP contribution in [0.2, 0.25) is 0 Å². The van der Waals surface area contributed by atoms with Crippen LogP contribution in [0.1, 0.15) is 35.1 Å². The highest BCUT2D eigenvalue weighted by Crippen LogP contribution is 2.27. The number of benzene rings is 1. The van der Waals surface area contributed by atoms with Gasteiger partial charge in [-0.2, -0.15) is 0 Å². The summed E-state index contributed by atoms with van der Waals surface area (Å²) in [5, 5.41) is 5.19. The Morgan fingerprint density at radius 1 is 1.35 bits per heavy atom. The summed E-state index contributed by atoms with van der Waals surface area (Å²) in [4.78, 5) is 13.7. The fraction of sp³-hybridized carbons (Fsp3) is 0.267. The Kier molecular flexibility index (Phi) is 5.63. The summed E-state index contributed by atoms with van der Waals surface area (Å²) in [5.74, 6) is 0.324. The molecule has 0 radical (unpaired) electrons. The van der Waals surface area contributed by atoms with Crippen LogP contribution >= 0.6 is 49.9 Å². The van der Waals surface area contributed by atoms with Crippen LogP contribution in [0.4, 0.5) is 0 Å². The van der Waals surface area contributed by atoms with E-state index in [0.29, 0.717) is 11.5 Å². The topological polar surface area (TPSA) is 29.1 Å². The molecular formula is C15H15BrINOS. The Labute approximate surface area is 145 Å². The molecule has 0 spiro atoms. The average molecular weight is 464 g/mol. The Balaban J connectivity index is 2.23. The number of hydrogen-bond donors (Lipinski definition) is 1. The third-order valence-electron chi connectivity index (χ3n) is 2.98. The molecule has 5 heteroatoms. The van der Waals surface area contributed by atoms with Crippen molar-refractivity contribution in [1.29, 1.82) is 0 Å². The minimum Gasteiger partial charge on any atom is -0.344 e. The van der Waals surface area contributed by atoms with E-state index in [1.54, 1.807) is 11.3 Å². The molecule has 0 aliphatic carbocycles. The molecule has 0 bridgehead atoms. The van der Waals surface area contributed by atoms with E-state index in [1.807, 2.05) is 29.6 Å². The second-order valence-corrected chi connectivity index (χ2v) is 7.89. The van der Waals surface area contributed by atoms with Crippen molar-refractivity contribution in [3.05, 3.63) is 54.2 Å². The number of amides is 1. The van der Waals surface area contributed by atoms with Gasteiger partial charge in [0.1, 0.15) is 0 Å². The predicted molar refractivity (Wildman–Crippen MR) is 96.2 cm³/mol. The average Bonchev–Trinajstić information content (AvgIpc) is 2.91. The van der Waals surface area contributed by atoms with E-state index in [0.717, 1.165) is 8.04 Å². The van der Waals surface area contributed by atoms with E-state index in [4.69, 9.17) is 0 Å². The molecule has 0 aliphatic rings. The molecule has 1 aromatic heterocycles. The minimum absolute atomic E-state index is 0.0252. The Hall–Kier alpha value is -0.400. The quantitative estimate of drug-likeness (QED) is 0.617. The molecule has 1 N–H and O–H groups in total. The van der Waals surface area contributed by atoms with Gasteiger partial charge < -0.3 is 5.32 Å². The SMILES string of the molecule is CC(C)C(NC(=O)c1cc(Br)ccc1I)c1cccs1. The molecule has 2 aromatic rings. The van der Waals surface area contributed by atoms with Gasteiger partial charge in [0.2, 0.25) is 0 Å². The van der Waals surface area contributed by atoms with Gasteiger partial charge in [0.05, 0.1) is 11.6 Å². The molecule has 0 saturated heterocycles. The van der Waals surface area contributed by atoms with Crippen molar-refractivity contribution in [2.45, 2.75) is 19.9 Å². The summed E-state index contributed by atoms with van der Waals surface area (Å²) in [5.41, 5.74) is 0.710. The number of nitrogens with one attached hydrogen (secondary N) is 1. The first-order valence-corrected chi connectivity index (χ1v) is 9.03. The van der Waals surface area contributed by atoms with Gasteiger partial charge in [0.15, 0.2) is 0 Å². The molecule has 0 saturated carbocycles. The lowest BCUT2D eigenvalue weighted by Crippen LogP contribution is -2.31. The Morgan fingerprint density at radius 3 is 2.70 bits per heavy atom. The normalized spacial score (nSPS) is 12.4. The van der Waals surface area contributed by atoms with Crippen molar-refractivity contribution in [2.75, 3.05) is 0 Å². The van der Waals surface area contributed by atoms with Crippen LogP contribution in [-0.4, -0.2) is 5.91 Å².